The van der Waals surface area contributed by atoms with Crippen LogP contribution in [0.15, 0.2) is 12.1 Å². The SMILES string of the molecule is Cc1cc(CBr)c(OCCC(C)CCCC(C)C)cc1CBr. The van der Waals surface area contributed by atoms with Crippen molar-refractivity contribution < 1.29 is 4.74 Å². The zero-order chi connectivity index (χ0) is 16.5. The molecule has 0 saturated heterocycles. The number of rotatable bonds is 10. The average Bonchev–Trinajstić information content (AvgIpc) is 2.47. The highest BCUT2D eigenvalue weighted by Crippen LogP contribution is 2.27. The largest absolute Gasteiger partial charge is 0.493 e. The summed E-state index contributed by atoms with van der Waals surface area (Å²) < 4.78 is 6.07. The Hall–Kier alpha value is -0.0200. The predicted octanol–water partition coefficient (Wildman–Crippen LogP) is 7.02. The minimum absolute atomic E-state index is 0.743. The van der Waals surface area contributed by atoms with Crippen LogP contribution in [0.25, 0.3) is 0 Å². The molecular weight excluding hydrogens is 404 g/mol. The van der Waals surface area contributed by atoms with Crippen molar-refractivity contribution in [3.63, 3.8) is 0 Å². The first-order valence-corrected chi connectivity index (χ1v) is 10.6. The van der Waals surface area contributed by atoms with Crippen LogP contribution in [0.3, 0.4) is 0 Å². The third kappa shape index (κ3) is 7.04. The highest BCUT2D eigenvalue weighted by Gasteiger charge is 2.09. The quantitative estimate of drug-likeness (QED) is 0.360. The van der Waals surface area contributed by atoms with Crippen LogP contribution in [0.5, 0.6) is 5.75 Å². The van der Waals surface area contributed by atoms with Gasteiger partial charge in [0, 0.05) is 16.2 Å². The molecule has 1 nitrogen and oxygen atoms in total. The van der Waals surface area contributed by atoms with Gasteiger partial charge in [0.15, 0.2) is 0 Å². The Bertz CT molecular complexity index is 443. The Morgan fingerprint density at radius 3 is 2.23 bits per heavy atom. The topological polar surface area (TPSA) is 9.23 Å². The lowest BCUT2D eigenvalue weighted by Crippen LogP contribution is -2.06. The van der Waals surface area contributed by atoms with Crippen LogP contribution in [0.2, 0.25) is 0 Å². The second-order valence-electron chi connectivity index (χ2n) is 6.72. The van der Waals surface area contributed by atoms with Gasteiger partial charge in [0.2, 0.25) is 0 Å². The fourth-order valence-corrected chi connectivity index (χ4v) is 3.60. The molecular formula is C19H30Br2O. The summed E-state index contributed by atoms with van der Waals surface area (Å²) in [5, 5.41) is 1.72. The number of benzene rings is 1. The van der Waals surface area contributed by atoms with E-state index in [-0.39, 0.29) is 0 Å². The van der Waals surface area contributed by atoms with E-state index in [0.29, 0.717) is 0 Å². The molecule has 1 aromatic rings. The van der Waals surface area contributed by atoms with Gasteiger partial charge in [0.1, 0.15) is 5.75 Å². The van der Waals surface area contributed by atoms with Crippen molar-refractivity contribution in [1.82, 2.24) is 0 Å². The van der Waals surface area contributed by atoms with E-state index in [0.717, 1.165) is 41.3 Å². The van der Waals surface area contributed by atoms with E-state index in [4.69, 9.17) is 4.74 Å². The zero-order valence-electron chi connectivity index (χ0n) is 14.4. The summed E-state index contributed by atoms with van der Waals surface area (Å²) in [5.74, 6) is 2.60. The molecule has 0 radical (unpaired) electrons. The van der Waals surface area contributed by atoms with Crippen molar-refractivity contribution >= 4 is 31.9 Å². The number of alkyl halides is 2. The fourth-order valence-electron chi connectivity index (χ4n) is 2.56. The molecule has 0 aromatic heterocycles. The highest BCUT2D eigenvalue weighted by molar-refractivity contribution is 9.08. The lowest BCUT2D eigenvalue weighted by molar-refractivity contribution is 0.274. The van der Waals surface area contributed by atoms with Crippen molar-refractivity contribution in [2.24, 2.45) is 11.8 Å². The summed E-state index contributed by atoms with van der Waals surface area (Å²) in [7, 11) is 0. The van der Waals surface area contributed by atoms with Crippen LogP contribution in [-0.4, -0.2) is 6.61 Å². The maximum Gasteiger partial charge on any atom is 0.123 e. The second kappa shape index (κ2) is 10.7. The third-order valence-electron chi connectivity index (χ3n) is 4.15. The number of halogens is 2. The summed E-state index contributed by atoms with van der Waals surface area (Å²) >= 11 is 7.12. The first-order valence-electron chi connectivity index (χ1n) is 8.35. The number of hydrogen-bond donors (Lipinski definition) is 0. The van der Waals surface area contributed by atoms with Crippen molar-refractivity contribution in [3.05, 3.63) is 28.8 Å². The van der Waals surface area contributed by atoms with Crippen molar-refractivity contribution in [3.8, 4) is 5.75 Å². The van der Waals surface area contributed by atoms with Gasteiger partial charge >= 0.3 is 0 Å². The van der Waals surface area contributed by atoms with Crippen LogP contribution >= 0.6 is 31.9 Å². The minimum Gasteiger partial charge on any atom is -0.493 e. The maximum atomic E-state index is 6.07. The molecule has 0 amide bonds. The molecule has 126 valence electrons. The van der Waals surface area contributed by atoms with E-state index in [1.165, 1.54) is 36.0 Å². The van der Waals surface area contributed by atoms with Gasteiger partial charge < -0.3 is 4.74 Å². The Kier molecular flexibility index (Phi) is 9.74. The van der Waals surface area contributed by atoms with Gasteiger partial charge in [0.05, 0.1) is 6.61 Å². The van der Waals surface area contributed by atoms with Crippen LogP contribution in [0.4, 0.5) is 0 Å². The summed E-state index contributed by atoms with van der Waals surface area (Å²) in [6, 6.07) is 4.41. The van der Waals surface area contributed by atoms with E-state index < -0.39 is 0 Å². The Morgan fingerprint density at radius 2 is 1.64 bits per heavy atom. The van der Waals surface area contributed by atoms with E-state index in [1.807, 2.05) is 0 Å². The average molecular weight is 434 g/mol. The zero-order valence-corrected chi connectivity index (χ0v) is 17.6. The van der Waals surface area contributed by atoms with E-state index in [2.05, 4.69) is 71.7 Å². The molecule has 0 aliphatic carbocycles. The summed E-state index contributed by atoms with van der Waals surface area (Å²) in [5.41, 5.74) is 3.88. The van der Waals surface area contributed by atoms with E-state index >= 15 is 0 Å². The molecule has 0 fully saturated rings. The van der Waals surface area contributed by atoms with Gasteiger partial charge in [-0.2, -0.15) is 0 Å². The van der Waals surface area contributed by atoms with Crippen LogP contribution < -0.4 is 4.74 Å². The van der Waals surface area contributed by atoms with Crippen molar-refractivity contribution in [1.29, 1.82) is 0 Å². The molecule has 1 atom stereocenters. The third-order valence-corrected chi connectivity index (χ3v) is 5.36. The van der Waals surface area contributed by atoms with Crippen LogP contribution in [0.1, 0.15) is 63.1 Å². The second-order valence-corrected chi connectivity index (χ2v) is 7.84. The molecule has 1 rings (SSSR count). The molecule has 0 aliphatic heterocycles. The molecule has 0 bridgehead atoms. The Balaban J connectivity index is 2.47. The fraction of sp³-hybridized carbons (Fsp3) is 0.684. The molecule has 1 aromatic carbocycles. The van der Waals surface area contributed by atoms with E-state index in [1.54, 1.807) is 0 Å². The van der Waals surface area contributed by atoms with Crippen molar-refractivity contribution in [2.75, 3.05) is 6.61 Å². The van der Waals surface area contributed by atoms with Gasteiger partial charge in [-0.3, -0.25) is 0 Å². The van der Waals surface area contributed by atoms with Gasteiger partial charge in [0.25, 0.3) is 0 Å². The smallest absolute Gasteiger partial charge is 0.123 e. The van der Waals surface area contributed by atoms with Gasteiger partial charge in [-0.1, -0.05) is 78.0 Å². The molecule has 22 heavy (non-hydrogen) atoms. The molecule has 1 unspecified atom stereocenters. The first kappa shape index (κ1) is 20.0. The summed E-state index contributed by atoms with van der Waals surface area (Å²) in [6.07, 6.45) is 5.12. The molecule has 0 aliphatic rings. The summed E-state index contributed by atoms with van der Waals surface area (Å²) in [6.45, 7) is 9.91. The first-order chi connectivity index (χ1) is 10.5. The van der Waals surface area contributed by atoms with Crippen LogP contribution in [0, 0.1) is 18.8 Å². The van der Waals surface area contributed by atoms with Gasteiger partial charge in [-0.25, -0.2) is 0 Å². The van der Waals surface area contributed by atoms with E-state index in [9.17, 15) is 0 Å². The number of hydrogen-bond acceptors (Lipinski definition) is 1. The van der Waals surface area contributed by atoms with Crippen LogP contribution in [-0.2, 0) is 10.7 Å². The lowest BCUT2D eigenvalue weighted by Gasteiger charge is -2.16. The molecule has 3 heteroatoms. The number of ether oxygens (including phenoxy) is 1. The normalized spacial score (nSPS) is 12.7. The highest BCUT2D eigenvalue weighted by atomic mass is 79.9. The maximum absolute atomic E-state index is 6.07. The minimum atomic E-state index is 0.743. The lowest BCUT2D eigenvalue weighted by atomic mass is 9.98. The Morgan fingerprint density at radius 1 is 0.955 bits per heavy atom. The monoisotopic (exact) mass is 432 g/mol. The van der Waals surface area contributed by atoms with Gasteiger partial charge in [-0.15, -0.1) is 0 Å². The molecule has 0 saturated carbocycles. The van der Waals surface area contributed by atoms with Gasteiger partial charge in [-0.05, 0) is 42.4 Å². The molecule has 0 heterocycles. The van der Waals surface area contributed by atoms with Crippen molar-refractivity contribution in [2.45, 2.75) is 64.0 Å². The Labute approximate surface area is 153 Å². The standard InChI is InChI=1S/C19H30Br2O/c1-14(2)6-5-7-15(3)8-9-22-19-11-17(12-20)16(4)10-18(19)13-21/h10-11,14-15H,5-9,12-13H2,1-4H3. The molecule has 0 N–H and O–H groups in total. The summed E-state index contributed by atoms with van der Waals surface area (Å²) in [4.78, 5) is 0. The number of aryl methyl sites for hydroxylation is 1. The predicted molar refractivity (Wildman–Crippen MR) is 104 cm³/mol. The molecule has 0 spiro atoms.